The molecule has 2 aromatic heterocycles. The van der Waals surface area contributed by atoms with Gasteiger partial charge in [-0.2, -0.15) is 0 Å². The molecular formula is C25H27F2N5O2. The van der Waals surface area contributed by atoms with E-state index in [1.54, 1.807) is 18.5 Å². The van der Waals surface area contributed by atoms with Crippen LogP contribution in [0.4, 0.5) is 14.6 Å². The molecule has 4 rings (SSSR count). The number of anilines is 1. The van der Waals surface area contributed by atoms with Gasteiger partial charge in [-0.05, 0) is 49.1 Å². The number of rotatable bonds is 8. The third kappa shape index (κ3) is 4.98. The molecule has 0 spiro atoms. The Bertz CT molecular complexity index is 1180. The summed E-state index contributed by atoms with van der Waals surface area (Å²) in [6.45, 7) is 3.19. The van der Waals surface area contributed by atoms with Crippen molar-refractivity contribution >= 4 is 17.6 Å². The number of imidazole rings is 1. The van der Waals surface area contributed by atoms with Crippen LogP contribution in [0.5, 0.6) is 0 Å². The van der Waals surface area contributed by atoms with E-state index in [2.05, 4.69) is 10.3 Å². The van der Waals surface area contributed by atoms with Crippen LogP contribution in [0.2, 0.25) is 0 Å². The molecule has 0 unspecified atom stereocenters. The minimum absolute atomic E-state index is 0.00249. The number of carbonyl (C=O) groups excluding carboxylic acids is 2. The minimum Gasteiger partial charge on any atom is -0.347 e. The first-order valence-corrected chi connectivity index (χ1v) is 11.5. The zero-order valence-corrected chi connectivity index (χ0v) is 19.1. The summed E-state index contributed by atoms with van der Waals surface area (Å²) in [4.78, 5) is 37.0. The molecule has 1 aliphatic rings. The molecule has 2 amide bonds. The van der Waals surface area contributed by atoms with Crippen molar-refractivity contribution in [1.29, 1.82) is 0 Å². The summed E-state index contributed by atoms with van der Waals surface area (Å²) < 4.78 is 29.2. The van der Waals surface area contributed by atoms with Gasteiger partial charge in [0, 0.05) is 44.0 Å². The fourth-order valence-corrected chi connectivity index (χ4v) is 4.06. The van der Waals surface area contributed by atoms with Gasteiger partial charge in [0.05, 0.1) is 0 Å². The van der Waals surface area contributed by atoms with Crippen LogP contribution in [0, 0.1) is 11.6 Å². The van der Waals surface area contributed by atoms with Crippen molar-refractivity contribution < 1.29 is 18.4 Å². The monoisotopic (exact) mass is 467 g/mol. The molecule has 0 atom stereocenters. The molecule has 9 heteroatoms. The van der Waals surface area contributed by atoms with Crippen LogP contribution < -0.4 is 10.2 Å². The molecule has 0 radical (unpaired) electrons. The predicted octanol–water partition coefficient (Wildman–Crippen LogP) is 4.27. The molecule has 0 bridgehead atoms. The van der Waals surface area contributed by atoms with Crippen molar-refractivity contribution in [3.05, 3.63) is 77.0 Å². The summed E-state index contributed by atoms with van der Waals surface area (Å²) >= 11 is 0. The summed E-state index contributed by atoms with van der Waals surface area (Å²) in [5.41, 5.74) is 1.16. The number of unbranched alkanes of at least 4 members (excludes halogenated alkanes) is 1. The number of carbonyl (C=O) groups is 2. The van der Waals surface area contributed by atoms with Crippen LogP contribution in [-0.4, -0.2) is 32.9 Å². The van der Waals surface area contributed by atoms with Crippen molar-refractivity contribution in [2.24, 2.45) is 0 Å². The van der Waals surface area contributed by atoms with E-state index < -0.39 is 17.5 Å². The smallest absolute Gasteiger partial charge is 0.272 e. The molecule has 3 heterocycles. The molecule has 34 heavy (non-hydrogen) atoms. The summed E-state index contributed by atoms with van der Waals surface area (Å²) in [6.07, 6.45) is 7.34. The second-order valence-electron chi connectivity index (χ2n) is 8.29. The molecule has 0 aliphatic carbocycles. The Balaban J connectivity index is 1.71. The maximum atomic E-state index is 13.9. The van der Waals surface area contributed by atoms with Gasteiger partial charge < -0.3 is 9.88 Å². The number of aryl methyl sites for hydroxylation is 1. The first-order chi connectivity index (χ1) is 16.5. The van der Waals surface area contributed by atoms with Crippen molar-refractivity contribution in [3.8, 4) is 0 Å². The van der Waals surface area contributed by atoms with Crippen LogP contribution in [0.3, 0.4) is 0 Å². The zero-order chi connectivity index (χ0) is 24.1. The molecule has 1 N–H and O–H groups in total. The highest BCUT2D eigenvalue weighted by Gasteiger charge is 2.31. The van der Waals surface area contributed by atoms with E-state index in [0.29, 0.717) is 31.6 Å². The highest BCUT2D eigenvalue weighted by atomic mass is 19.2. The number of nitrogens with one attached hydrogen (secondary N) is 1. The lowest BCUT2D eigenvalue weighted by Crippen LogP contribution is -2.35. The lowest BCUT2D eigenvalue weighted by atomic mass is 10.1. The van der Waals surface area contributed by atoms with E-state index >= 15 is 0 Å². The summed E-state index contributed by atoms with van der Waals surface area (Å²) in [5.74, 6) is -2.00. The predicted molar refractivity (Wildman–Crippen MR) is 124 cm³/mol. The fraction of sp³-hybridized carbons (Fsp3) is 0.360. The normalized spacial score (nSPS) is 12.8. The fourth-order valence-electron chi connectivity index (χ4n) is 4.06. The molecule has 3 aromatic rings. The van der Waals surface area contributed by atoms with Gasteiger partial charge in [0.2, 0.25) is 0 Å². The van der Waals surface area contributed by atoms with Crippen LogP contribution in [0.1, 0.15) is 64.8 Å². The Morgan fingerprint density at radius 1 is 1.18 bits per heavy atom. The van der Waals surface area contributed by atoms with Gasteiger partial charge in [0.15, 0.2) is 23.1 Å². The molecule has 0 saturated carbocycles. The van der Waals surface area contributed by atoms with Crippen molar-refractivity contribution in [3.63, 3.8) is 0 Å². The van der Waals surface area contributed by atoms with E-state index in [-0.39, 0.29) is 23.8 Å². The van der Waals surface area contributed by atoms with Gasteiger partial charge in [0.25, 0.3) is 11.8 Å². The van der Waals surface area contributed by atoms with Crippen molar-refractivity contribution in [2.45, 2.75) is 52.1 Å². The van der Waals surface area contributed by atoms with E-state index in [1.807, 2.05) is 17.6 Å². The molecule has 1 aliphatic heterocycles. The number of fused-ring (bicyclic) bond motifs is 1. The first-order valence-electron chi connectivity index (χ1n) is 11.5. The van der Waals surface area contributed by atoms with Crippen LogP contribution >= 0.6 is 0 Å². The maximum absolute atomic E-state index is 13.9. The number of nitrogens with zero attached hydrogens (tertiary/aromatic N) is 4. The van der Waals surface area contributed by atoms with Crippen molar-refractivity contribution in [1.82, 2.24) is 19.9 Å². The maximum Gasteiger partial charge on any atom is 0.272 e. The number of pyridine rings is 1. The Hall–Kier alpha value is -3.62. The Labute approximate surface area is 196 Å². The van der Waals surface area contributed by atoms with E-state index in [1.165, 1.54) is 11.0 Å². The third-order valence-electron chi connectivity index (χ3n) is 5.85. The van der Waals surface area contributed by atoms with Crippen molar-refractivity contribution in [2.75, 3.05) is 11.4 Å². The molecular weight excluding hydrogens is 440 g/mol. The van der Waals surface area contributed by atoms with Gasteiger partial charge in [0.1, 0.15) is 5.82 Å². The zero-order valence-electron chi connectivity index (χ0n) is 19.1. The second-order valence-corrected chi connectivity index (χ2v) is 8.29. The van der Waals surface area contributed by atoms with Gasteiger partial charge in [-0.25, -0.2) is 13.8 Å². The Morgan fingerprint density at radius 3 is 2.76 bits per heavy atom. The summed E-state index contributed by atoms with van der Waals surface area (Å²) in [6, 6.07) is 6.72. The minimum atomic E-state index is -1.10. The van der Waals surface area contributed by atoms with Crippen LogP contribution in [0.25, 0.3) is 0 Å². The molecule has 7 nitrogen and oxygen atoms in total. The summed E-state index contributed by atoms with van der Waals surface area (Å²) in [5, 5.41) is 2.91. The standard InChI is InChI=1S/C25H27F2N5O2/c1-2-3-12-32(25(34)18-9-10-19(26)20(27)14-18)23-22(31-13-5-4-8-21(31)30-23)24(33)29-16-17-7-6-11-28-15-17/h6-7,9-11,14-15H,2-5,8,12-13,16H2,1H3,(H,29,33). The van der Waals surface area contributed by atoms with Gasteiger partial charge in [-0.3, -0.25) is 19.5 Å². The number of benzene rings is 1. The SMILES string of the molecule is CCCCN(C(=O)c1ccc(F)c(F)c1)c1nc2n(c1C(=O)NCc1cccnc1)CCCC2. The van der Waals surface area contributed by atoms with E-state index in [9.17, 15) is 18.4 Å². The van der Waals surface area contributed by atoms with Gasteiger partial charge >= 0.3 is 0 Å². The average molecular weight is 468 g/mol. The second kappa shape index (κ2) is 10.5. The number of hydrogen-bond acceptors (Lipinski definition) is 4. The van der Waals surface area contributed by atoms with Gasteiger partial charge in [-0.15, -0.1) is 0 Å². The number of aromatic nitrogens is 3. The van der Waals surface area contributed by atoms with Crippen LogP contribution in [-0.2, 0) is 19.5 Å². The highest BCUT2D eigenvalue weighted by Crippen LogP contribution is 2.28. The third-order valence-corrected chi connectivity index (χ3v) is 5.85. The highest BCUT2D eigenvalue weighted by molar-refractivity contribution is 6.09. The topological polar surface area (TPSA) is 80.1 Å². The molecule has 1 aromatic carbocycles. The summed E-state index contributed by atoms with van der Waals surface area (Å²) in [7, 11) is 0. The molecule has 0 saturated heterocycles. The van der Waals surface area contributed by atoms with E-state index in [4.69, 9.17) is 4.98 Å². The quantitative estimate of drug-likeness (QED) is 0.537. The number of amides is 2. The molecule has 178 valence electrons. The van der Waals surface area contributed by atoms with E-state index in [0.717, 1.165) is 42.8 Å². The average Bonchev–Trinajstić information content (AvgIpc) is 3.24. The Morgan fingerprint density at radius 2 is 2.03 bits per heavy atom. The lowest BCUT2D eigenvalue weighted by molar-refractivity contribution is 0.0941. The number of hydrogen-bond donors (Lipinski definition) is 1. The molecule has 0 fully saturated rings. The lowest BCUT2D eigenvalue weighted by Gasteiger charge is -2.22. The number of halogens is 2. The largest absolute Gasteiger partial charge is 0.347 e. The van der Waals surface area contributed by atoms with Gasteiger partial charge in [-0.1, -0.05) is 19.4 Å². The Kier molecular flexibility index (Phi) is 7.30. The van der Waals surface area contributed by atoms with Crippen LogP contribution in [0.15, 0.2) is 42.7 Å². The first kappa shape index (κ1) is 23.5.